The molecule has 1 heterocycles. The molecule has 0 atom stereocenters. The van der Waals surface area contributed by atoms with Crippen molar-refractivity contribution >= 4 is 40.0 Å². The van der Waals surface area contributed by atoms with Gasteiger partial charge in [-0.1, -0.05) is 11.6 Å². The average Bonchev–Trinajstić information content (AvgIpc) is 2.86. The van der Waals surface area contributed by atoms with Crippen molar-refractivity contribution in [1.82, 2.24) is 4.98 Å². The molecule has 0 fully saturated rings. The Morgan fingerprint density at radius 1 is 1.26 bits per heavy atom. The Morgan fingerprint density at radius 2 is 2.04 bits per heavy atom. The van der Waals surface area contributed by atoms with E-state index in [2.05, 4.69) is 10.3 Å². The Kier molecular flexibility index (Phi) is 3.59. The van der Waals surface area contributed by atoms with Crippen LogP contribution in [0, 0.1) is 10.1 Å². The van der Waals surface area contributed by atoms with Crippen LogP contribution in [0.3, 0.4) is 0 Å². The van der Waals surface area contributed by atoms with Gasteiger partial charge in [-0.3, -0.25) is 19.9 Å². The highest BCUT2D eigenvalue weighted by Gasteiger charge is 2.20. The van der Waals surface area contributed by atoms with Crippen molar-refractivity contribution in [2.75, 3.05) is 5.32 Å². The number of fused-ring (bicyclic) bond motifs is 1. The smallest absolute Gasteiger partial charge is 0.408 e. The maximum absolute atomic E-state index is 12.2. The fraction of sp³-hybridized carbons (Fsp3) is 0. The zero-order valence-electron chi connectivity index (χ0n) is 11.3. The summed E-state index contributed by atoms with van der Waals surface area (Å²) in [6.07, 6.45) is 0. The van der Waals surface area contributed by atoms with Crippen LogP contribution >= 0.6 is 11.6 Å². The summed E-state index contributed by atoms with van der Waals surface area (Å²) >= 11 is 5.71. The van der Waals surface area contributed by atoms with E-state index in [0.717, 1.165) is 6.07 Å². The monoisotopic (exact) mass is 333 g/mol. The summed E-state index contributed by atoms with van der Waals surface area (Å²) in [5.74, 6) is -1.28. The van der Waals surface area contributed by atoms with Crippen molar-refractivity contribution in [2.24, 2.45) is 0 Å². The number of carbonyl (C=O) groups is 1. The van der Waals surface area contributed by atoms with E-state index >= 15 is 0 Å². The number of hydrogen-bond donors (Lipinski definition) is 2. The van der Waals surface area contributed by atoms with Crippen LogP contribution < -0.4 is 11.1 Å². The second-order valence-electron chi connectivity index (χ2n) is 4.60. The van der Waals surface area contributed by atoms with Crippen molar-refractivity contribution < 1.29 is 14.1 Å². The Morgan fingerprint density at radius 3 is 2.78 bits per heavy atom. The number of aromatic nitrogens is 1. The molecule has 2 N–H and O–H groups in total. The number of nitro benzene ring substituents is 1. The van der Waals surface area contributed by atoms with Crippen LogP contribution in [0.5, 0.6) is 0 Å². The number of benzene rings is 2. The van der Waals surface area contributed by atoms with Crippen molar-refractivity contribution in [3.05, 3.63) is 67.6 Å². The lowest BCUT2D eigenvalue weighted by Gasteiger charge is -2.06. The standard InChI is InChI=1S/C14H8ClN3O5/c15-7-1-3-9(11(5-7)18(21)22)13(19)16-8-2-4-12-10(6-8)17-14(20)23-12/h1-6H,(H,16,19)(H,17,20). The lowest BCUT2D eigenvalue weighted by atomic mass is 10.1. The van der Waals surface area contributed by atoms with Gasteiger partial charge in [0.15, 0.2) is 5.58 Å². The highest BCUT2D eigenvalue weighted by molar-refractivity contribution is 6.31. The molecule has 8 nitrogen and oxygen atoms in total. The molecule has 0 aliphatic carbocycles. The first-order valence-corrected chi connectivity index (χ1v) is 6.70. The van der Waals surface area contributed by atoms with Gasteiger partial charge < -0.3 is 9.73 Å². The topological polar surface area (TPSA) is 118 Å². The third-order valence-corrected chi connectivity index (χ3v) is 3.31. The number of halogens is 1. The van der Waals surface area contributed by atoms with Gasteiger partial charge in [-0.05, 0) is 30.3 Å². The van der Waals surface area contributed by atoms with Crippen LogP contribution in [0.25, 0.3) is 11.1 Å². The lowest BCUT2D eigenvalue weighted by molar-refractivity contribution is -0.385. The van der Waals surface area contributed by atoms with Crippen molar-refractivity contribution in [3.8, 4) is 0 Å². The number of aromatic amines is 1. The van der Waals surface area contributed by atoms with Crippen LogP contribution in [0.15, 0.2) is 45.6 Å². The van der Waals surface area contributed by atoms with Gasteiger partial charge in [0, 0.05) is 16.8 Å². The van der Waals surface area contributed by atoms with Crippen molar-refractivity contribution in [3.63, 3.8) is 0 Å². The van der Waals surface area contributed by atoms with Crippen LogP contribution in [-0.2, 0) is 0 Å². The van der Waals surface area contributed by atoms with Crippen LogP contribution in [0.4, 0.5) is 11.4 Å². The van der Waals surface area contributed by atoms with E-state index in [1.807, 2.05) is 0 Å². The summed E-state index contributed by atoms with van der Waals surface area (Å²) in [5, 5.41) is 13.7. The molecule has 1 aromatic heterocycles. The molecular weight excluding hydrogens is 326 g/mol. The van der Waals surface area contributed by atoms with Gasteiger partial charge in [-0.25, -0.2) is 4.79 Å². The molecule has 23 heavy (non-hydrogen) atoms. The molecule has 0 saturated heterocycles. The highest BCUT2D eigenvalue weighted by Crippen LogP contribution is 2.24. The van der Waals surface area contributed by atoms with E-state index in [1.165, 1.54) is 30.3 Å². The van der Waals surface area contributed by atoms with E-state index in [9.17, 15) is 19.7 Å². The largest absolute Gasteiger partial charge is 0.417 e. The summed E-state index contributed by atoms with van der Waals surface area (Å²) in [6, 6.07) is 8.26. The molecule has 2 aromatic carbocycles. The molecule has 0 unspecified atom stereocenters. The fourth-order valence-electron chi connectivity index (χ4n) is 2.08. The Bertz CT molecular complexity index is 991. The number of anilines is 1. The number of H-pyrrole nitrogens is 1. The predicted octanol–water partition coefficient (Wildman–Crippen LogP) is 2.94. The minimum Gasteiger partial charge on any atom is -0.408 e. The second-order valence-corrected chi connectivity index (χ2v) is 5.03. The number of nitrogens with zero attached hydrogens (tertiary/aromatic N) is 1. The number of amides is 1. The molecule has 116 valence electrons. The SMILES string of the molecule is O=C(Nc1ccc2oc(=O)[nH]c2c1)c1ccc(Cl)cc1[N+](=O)[O-]. The van der Waals surface area contributed by atoms with Crippen LogP contribution in [0.2, 0.25) is 5.02 Å². The second kappa shape index (κ2) is 5.58. The third kappa shape index (κ3) is 2.92. The number of nitro groups is 1. The van der Waals surface area contributed by atoms with Gasteiger partial charge in [-0.2, -0.15) is 0 Å². The summed E-state index contributed by atoms with van der Waals surface area (Å²) in [6.45, 7) is 0. The number of rotatable bonds is 3. The average molecular weight is 334 g/mol. The molecule has 1 amide bonds. The molecule has 0 radical (unpaired) electrons. The van der Waals surface area contributed by atoms with Crippen molar-refractivity contribution in [2.45, 2.75) is 0 Å². The van der Waals surface area contributed by atoms with Crippen LogP contribution in [0.1, 0.15) is 10.4 Å². The summed E-state index contributed by atoms with van der Waals surface area (Å²) in [5.41, 5.74) is 0.570. The molecular formula is C14H8ClN3O5. The van der Waals surface area contributed by atoms with E-state index in [4.69, 9.17) is 16.0 Å². The molecule has 0 aliphatic rings. The van der Waals surface area contributed by atoms with E-state index in [-0.39, 0.29) is 10.6 Å². The van der Waals surface area contributed by atoms with Gasteiger partial charge in [0.1, 0.15) is 5.56 Å². The van der Waals surface area contributed by atoms with Gasteiger partial charge >= 0.3 is 5.76 Å². The predicted molar refractivity (Wildman–Crippen MR) is 82.9 cm³/mol. The Balaban J connectivity index is 1.94. The Labute approximate surface area is 132 Å². The molecule has 0 spiro atoms. The lowest BCUT2D eigenvalue weighted by Crippen LogP contribution is -2.13. The minimum absolute atomic E-state index is 0.125. The fourth-order valence-corrected chi connectivity index (χ4v) is 2.24. The first kappa shape index (κ1) is 14.8. The third-order valence-electron chi connectivity index (χ3n) is 3.08. The van der Waals surface area contributed by atoms with E-state index in [0.29, 0.717) is 16.8 Å². The number of nitrogens with one attached hydrogen (secondary N) is 2. The quantitative estimate of drug-likeness (QED) is 0.564. The summed E-state index contributed by atoms with van der Waals surface area (Å²) in [7, 11) is 0. The van der Waals surface area contributed by atoms with Crippen LogP contribution in [-0.4, -0.2) is 15.8 Å². The first-order valence-electron chi connectivity index (χ1n) is 6.32. The molecule has 0 aliphatic heterocycles. The van der Waals surface area contributed by atoms with Gasteiger partial charge in [-0.15, -0.1) is 0 Å². The Hall–Kier alpha value is -3.13. The number of hydrogen-bond acceptors (Lipinski definition) is 5. The van der Waals surface area contributed by atoms with Crippen molar-refractivity contribution in [1.29, 1.82) is 0 Å². The normalized spacial score (nSPS) is 10.7. The van der Waals surface area contributed by atoms with Gasteiger partial charge in [0.2, 0.25) is 0 Å². The highest BCUT2D eigenvalue weighted by atomic mass is 35.5. The van der Waals surface area contributed by atoms with Gasteiger partial charge in [0.25, 0.3) is 11.6 Å². The molecule has 0 bridgehead atoms. The maximum atomic E-state index is 12.2. The summed E-state index contributed by atoms with van der Waals surface area (Å²) < 4.78 is 4.85. The number of oxazole rings is 1. The first-order chi connectivity index (χ1) is 10.9. The molecule has 3 rings (SSSR count). The minimum atomic E-state index is -0.683. The summed E-state index contributed by atoms with van der Waals surface area (Å²) in [4.78, 5) is 36.1. The maximum Gasteiger partial charge on any atom is 0.417 e. The molecule has 0 saturated carbocycles. The van der Waals surface area contributed by atoms with E-state index in [1.54, 1.807) is 0 Å². The van der Waals surface area contributed by atoms with E-state index < -0.39 is 22.3 Å². The van der Waals surface area contributed by atoms with Gasteiger partial charge in [0.05, 0.1) is 10.4 Å². The zero-order chi connectivity index (χ0) is 16.6. The molecule has 9 heteroatoms. The molecule has 3 aromatic rings. The zero-order valence-corrected chi connectivity index (χ0v) is 12.1. The number of carbonyl (C=O) groups excluding carboxylic acids is 1.